The minimum atomic E-state index is -3.06. The fourth-order valence-electron chi connectivity index (χ4n) is 5.23. The highest BCUT2D eigenvalue weighted by molar-refractivity contribution is 6.08. The Morgan fingerprint density at radius 1 is 1.03 bits per heavy atom. The number of carbonyl (C=O) groups excluding carboxylic acids is 2. The Bertz CT molecular complexity index is 1080. The summed E-state index contributed by atoms with van der Waals surface area (Å²) in [6.45, 7) is 5.18. The van der Waals surface area contributed by atoms with E-state index in [1.165, 1.54) is 9.80 Å². The van der Waals surface area contributed by atoms with Crippen LogP contribution in [0.4, 0.5) is 13.6 Å². The number of alkyl halides is 2. The van der Waals surface area contributed by atoms with Crippen molar-refractivity contribution in [3.05, 3.63) is 35.5 Å². The molecule has 2 fully saturated rings. The Morgan fingerprint density at radius 3 is 2.42 bits per heavy atom. The van der Waals surface area contributed by atoms with Crippen molar-refractivity contribution < 1.29 is 23.1 Å². The highest BCUT2D eigenvalue weighted by Gasteiger charge is 2.67. The number of fused-ring (bicyclic) bond motifs is 3. The van der Waals surface area contributed by atoms with Crippen LogP contribution in [0.1, 0.15) is 43.2 Å². The summed E-state index contributed by atoms with van der Waals surface area (Å²) in [5, 5.41) is 0.829. The number of hydrogen-bond donors (Lipinski definition) is 0. The molecule has 1 aromatic carbocycles. The molecule has 6 nitrogen and oxygen atoms in total. The van der Waals surface area contributed by atoms with E-state index in [2.05, 4.69) is 4.57 Å². The van der Waals surface area contributed by atoms with Gasteiger partial charge in [0.05, 0.1) is 17.5 Å². The molecule has 0 bridgehead atoms. The lowest BCUT2D eigenvalue weighted by atomic mass is 9.76. The average Bonchev–Trinajstić information content (AvgIpc) is 3.28. The molecule has 166 valence electrons. The van der Waals surface area contributed by atoms with E-state index in [1.807, 2.05) is 24.3 Å². The first-order valence-corrected chi connectivity index (χ1v) is 10.8. The van der Waals surface area contributed by atoms with E-state index in [0.29, 0.717) is 5.56 Å². The molecular weight excluding hydrogens is 404 g/mol. The van der Waals surface area contributed by atoms with Crippen LogP contribution in [-0.4, -0.2) is 64.1 Å². The summed E-state index contributed by atoms with van der Waals surface area (Å²) >= 11 is 0. The fraction of sp³-hybridized carbons (Fsp3) is 0.565. The Morgan fingerprint density at radius 2 is 1.71 bits per heavy atom. The molecule has 0 N–H and O–H groups in total. The maximum absolute atomic E-state index is 15.1. The molecular formula is C23H27F2N3O3. The minimum absolute atomic E-state index is 0.0585. The number of ether oxygens (including phenoxy) is 1. The van der Waals surface area contributed by atoms with Crippen molar-refractivity contribution in [3.8, 4) is 0 Å². The zero-order chi connectivity index (χ0) is 22.2. The number of aromatic nitrogens is 1. The second kappa shape index (κ2) is 6.43. The predicted octanol–water partition coefficient (Wildman–Crippen LogP) is 3.92. The van der Waals surface area contributed by atoms with E-state index in [9.17, 15) is 9.59 Å². The second-order valence-electron chi connectivity index (χ2n) is 10.1. The summed E-state index contributed by atoms with van der Waals surface area (Å²) in [6, 6.07) is 7.68. The van der Waals surface area contributed by atoms with E-state index >= 15 is 8.78 Å². The quantitative estimate of drug-likeness (QED) is 0.688. The Hall–Kier alpha value is -2.64. The smallest absolute Gasteiger partial charge is 0.410 e. The van der Waals surface area contributed by atoms with E-state index in [4.69, 9.17) is 4.74 Å². The Balaban J connectivity index is 1.39. The number of benzene rings is 1. The Kier molecular flexibility index (Phi) is 4.21. The third kappa shape index (κ3) is 3.02. The van der Waals surface area contributed by atoms with Crippen molar-refractivity contribution in [2.24, 2.45) is 5.41 Å². The average molecular weight is 431 g/mol. The van der Waals surface area contributed by atoms with Crippen molar-refractivity contribution in [2.75, 3.05) is 26.2 Å². The van der Waals surface area contributed by atoms with Gasteiger partial charge < -0.3 is 19.1 Å². The molecule has 0 unspecified atom stereocenters. The summed E-state index contributed by atoms with van der Waals surface area (Å²) < 4.78 is 37.6. The molecule has 2 aromatic rings. The van der Waals surface area contributed by atoms with Gasteiger partial charge in [-0.2, -0.15) is 0 Å². The number of aryl methyl sites for hydroxylation is 1. The highest BCUT2D eigenvalue weighted by atomic mass is 19.3. The van der Waals surface area contributed by atoms with Crippen molar-refractivity contribution in [1.82, 2.24) is 14.4 Å². The zero-order valence-electron chi connectivity index (χ0n) is 18.1. The number of rotatable bonds is 1. The minimum Gasteiger partial charge on any atom is -0.444 e. The van der Waals surface area contributed by atoms with E-state index in [-0.39, 0.29) is 25.5 Å². The van der Waals surface area contributed by atoms with E-state index in [1.54, 1.807) is 20.8 Å². The molecule has 31 heavy (non-hydrogen) atoms. The molecule has 1 aromatic heterocycles. The lowest BCUT2D eigenvalue weighted by molar-refractivity contribution is -0.151. The first-order valence-electron chi connectivity index (χ1n) is 10.8. The Labute approximate surface area is 179 Å². The number of hydrogen-bond acceptors (Lipinski definition) is 3. The van der Waals surface area contributed by atoms with Gasteiger partial charge in [0.15, 0.2) is 0 Å². The van der Waals surface area contributed by atoms with Crippen molar-refractivity contribution in [2.45, 2.75) is 51.7 Å². The van der Waals surface area contributed by atoms with Gasteiger partial charge in [-0.15, -0.1) is 0 Å². The largest absolute Gasteiger partial charge is 0.444 e. The first kappa shape index (κ1) is 20.3. The SMILES string of the molecule is CC(C)(C)OC(=O)N1CC2(C1)CN(C(=O)c1c3n(c4ccccc14)CCC3)CC2(F)F. The van der Waals surface area contributed by atoms with E-state index in [0.717, 1.165) is 36.0 Å². The second-order valence-corrected chi connectivity index (χ2v) is 10.1. The van der Waals surface area contributed by atoms with Crippen LogP contribution in [0.15, 0.2) is 24.3 Å². The van der Waals surface area contributed by atoms with Crippen LogP contribution >= 0.6 is 0 Å². The van der Waals surface area contributed by atoms with Crippen LogP contribution in [0, 0.1) is 5.41 Å². The van der Waals surface area contributed by atoms with Crippen LogP contribution in [0.3, 0.4) is 0 Å². The van der Waals surface area contributed by atoms with E-state index < -0.39 is 29.6 Å². The maximum Gasteiger partial charge on any atom is 0.410 e. The normalized spacial score (nSPS) is 21.5. The summed E-state index contributed by atoms with van der Waals surface area (Å²) in [6.07, 6.45) is 1.14. The number of para-hydroxylation sites is 1. The number of amides is 2. The summed E-state index contributed by atoms with van der Waals surface area (Å²) in [5.41, 5.74) is 0.400. The van der Waals surface area contributed by atoms with Gasteiger partial charge in [-0.25, -0.2) is 13.6 Å². The fourth-order valence-corrected chi connectivity index (χ4v) is 5.23. The molecule has 0 atom stereocenters. The van der Waals surface area contributed by atoms with Gasteiger partial charge in [0.2, 0.25) is 0 Å². The van der Waals surface area contributed by atoms with Crippen LogP contribution in [-0.2, 0) is 17.7 Å². The highest BCUT2D eigenvalue weighted by Crippen LogP contribution is 2.50. The van der Waals surface area contributed by atoms with Crippen LogP contribution in [0.25, 0.3) is 10.9 Å². The van der Waals surface area contributed by atoms with Gasteiger partial charge >= 0.3 is 6.09 Å². The number of nitrogens with zero attached hydrogens (tertiary/aromatic N) is 3. The lowest BCUT2D eigenvalue weighted by Gasteiger charge is -2.49. The summed E-state index contributed by atoms with van der Waals surface area (Å²) in [4.78, 5) is 28.3. The molecule has 4 heterocycles. The summed E-state index contributed by atoms with van der Waals surface area (Å²) in [7, 11) is 0. The van der Waals surface area contributed by atoms with Crippen LogP contribution < -0.4 is 0 Å². The van der Waals surface area contributed by atoms with Crippen molar-refractivity contribution in [3.63, 3.8) is 0 Å². The van der Waals surface area contributed by atoms with Crippen LogP contribution in [0.5, 0.6) is 0 Å². The molecule has 1 spiro atoms. The first-order chi connectivity index (χ1) is 14.5. The van der Waals surface area contributed by atoms with Gasteiger partial charge in [-0.1, -0.05) is 18.2 Å². The lowest BCUT2D eigenvalue weighted by Crippen LogP contribution is -2.66. The standard InChI is InChI=1S/C23H27F2N3O3/c1-21(2,3)31-20(30)27-12-22(13-27)11-26(14-23(22,24)25)19(29)18-15-7-4-5-8-16(15)28-10-6-9-17(18)28/h4-5,7-8H,6,9-14H2,1-3H3. The predicted molar refractivity (Wildman–Crippen MR) is 111 cm³/mol. The van der Waals surface area contributed by atoms with Crippen molar-refractivity contribution in [1.29, 1.82) is 0 Å². The zero-order valence-corrected chi connectivity index (χ0v) is 18.1. The van der Waals surface area contributed by atoms with Gasteiger partial charge in [0.25, 0.3) is 11.8 Å². The van der Waals surface area contributed by atoms with Crippen molar-refractivity contribution >= 4 is 22.9 Å². The number of halogens is 2. The third-order valence-electron chi connectivity index (χ3n) is 6.67. The topological polar surface area (TPSA) is 54.8 Å². The molecule has 0 radical (unpaired) electrons. The number of likely N-dealkylation sites (tertiary alicyclic amines) is 2. The number of carbonyl (C=O) groups is 2. The van der Waals surface area contributed by atoms with Gasteiger partial charge in [0.1, 0.15) is 5.60 Å². The molecule has 8 heteroatoms. The maximum atomic E-state index is 15.1. The van der Waals surface area contributed by atoms with Gasteiger partial charge in [-0.3, -0.25) is 4.79 Å². The molecule has 3 aliphatic heterocycles. The van der Waals surface area contributed by atoms with Gasteiger partial charge in [-0.05, 0) is 39.7 Å². The van der Waals surface area contributed by atoms with Crippen LogP contribution in [0.2, 0.25) is 0 Å². The molecule has 2 saturated heterocycles. The summed E-state index contributed by atoms with van der Waals surface area (Å²) in [5.74, 6) is -3.39. The molecule has 0 aliphatic carbocycles. The van der Waals surface area contributed by atoms with Gasteiger partial charge in [0, 0.05) is 42.8 Å². The molecule has 5 rings (SSSR count). The molecule has 3 aliphatic rings. The molecule has 2 amide bonds. The third-order valence-corrected chi connectivity index (χ3v) is 6.67. The molecule has 0 saturated carbocycles. The monoisotopic (exact) mass is 431 g/mol.